The largest absolute Gasteiger partial charge is 0.393 e. The van der Waals surface area contributed by atoms with Gasteiger partial charge in [-0.2, -0.15) is 13.2 Å². The smallest absolute Gasteiger partial charge is 0.352 e. The molecule has 0 aromatic carbocycles. The van der Waals surface area contributed by atoms with Crippen LogP contribution in [0.15, 0.2) is 0 Å². The number of carbonyl (C=O) groups is 1. The van der Waals surface area contributed by atoms with Gasteiger partial charge >= 0.3 is 6.18 Å². The number of rotatable bonds is 4. The Hall–Kier alpha value is -0.780. The van der Waals surface area contributed by atoms with Gasteiger partial charge in [-0.3, -0.25) is 4.79 Å². The number of carbonyl (C=O) groups excluding carboxylic acids is 1. The van der Waals surface area contributed by atoms with Crippen LogP contribution >= 0.6 is 0 Å². The van der Waals surface area contributed by atoms with E-state index in [1.54, 1.807) is 0 Å². The van der Waals surface area contributed by atoms with E-state index in [-0.39, 0.29) is 31.3 Å². The number of hydrogen-bond donors (Lipinski definition) is 2. The van der Waals surface area contributed by atoms with Crippen molar-refractivity contribution in [2.45, 2.75) is 58.3 Å². The molecule has 2 N–H and O–H groups in total. The van der Waals surface area contributed by atoms with Crippen LogP contribution in [-0.2, 0) is 4.79 Å². The molecule has 1 heterocycles. The highest BCUT2D eigenvalue weighted by molar-refractivity contribution is 5.82. The van der Waals surface area contributed by atoms with Crippen molar-refractivity contribution in [1.29, 1.82) is 0 Å². The van der Waals surface area contributed by atoms with Crippen molar-refractivity contribution in [3.05, 3.63) is 0 Å². The fraction of sp³-hybridized carbons (Fsp3) is 0.923. The zero-order valence-corrected chi connectivity index (χ0v) is 11.7. The van der Waals surface area contributed by atoms with E-state index < -0.39 is 18.1 Å². The lowest BCUT2D eigenvalue weighted by atomic mass is 9.93. The Labute approximate surface area is 112 Å². The third-order valence-electron chi connectivity index (χ3n) is 3.41. The molecule has 0 saturated carbocycles. The van der Waals surface area contributed by atoms with Gasteiger partial charge < -0.3 is 10.6 Å². The minimum atomic E-state index is -4.17. The summed E-state index contributed by atoms with van der Waals surface area (Å²) in [6.45, 7) is 5.88. The Kier molecular flexibility index (Phi) is 5.64. The fourth-order valence-corrected chi connectivity index (χ4v) is 2.47. The van der Waals surface area contributed by atoms with Crippen LogP contribution in [0.5, 0.6) is 0 Å². The van der Waals surface area contributed by atoms with E-state index in [9.17, 15) is 18.0 Å². The highest BCUT2D eigenvalue weighted by Gasteiger charge is 2.42. The first kappa shape index (κ1) is 16.3. The molecule has 1 aliphatic heterocycles. The molecule has 1 rings (SSSR count). The molecule has 3 nitrogen and oxygen atoms in total. The van der Waals surface area contributed by atoms with Gasteiger partial charge in [0, 0.05) is 12.6 Å². The van der Waals surface area contributed by atoms with Gasteiger partial charge in [-0.05, 0) is 32.1 Å². The summed E-state index contributed by atoms with van der Waals surface area (Å²) in [6.07, 6.45) is -3.04. The highest BCUT2D eigenvalue weighted by atomic mass is 19.4. The summed E-state index contributed by atoms with van der Waals surface area (Å²) < 4.78 is 37.4. The molecular formula is C13H23F3N2O. The molecule has 1 fully saturated rings. The van der Waals surface area contributed by atoms with Crippen LogP contribution in [0.4, 0.5) is 13.2 Å². The van der Waals surface area contributed by atoms with Gasteiger partial charge in [0.15, 0.2) is 0 Å². The molecule has 0 radical (unpaired) electrons. The van der Waals surface area contributed by atoms with E-state index in [4.69, 9.17) is 0 Å². The molecular weight excluding hydrogens is 257 g/mol. The monoisotopic (exact) mass is 280 g/mol. The molecule has 1 saturated heterocycles. The number of halogens is 3. The third-order valence-corrected chi connectivity index (χ3v) is 3.41. The van der Waals surface area contributed by atoms with Crippen molar-refractivity contribution in [3.8, 4) is 0 Å². The molecule has 19 heavy (non-hydrogen) atoms. The quantitative estimate of drug-likeness (QED) is 0.830. The van der Waals surface area contributed by atoms with Gasteiger partial charge in [0.05, 0.1) is 12.0 Å². The molecule has 112 valence electrons. The molecule has 3 atom stereocenters. The number of hydrogen-bond acceptors (Lipinski definition) is 2. The summed E-state index contributed by atoms with van der Waals surface area (Å²) in [4.78, 5) is 11.9. The normalized spacial score (nSPS) is 26.3. The highest BCUT2D eigenvalue weighted by Crippen LogP contribution is 2.31. The number of piperidine rings is 1. The predicted molar refractivity (Wildman–Crippen MR) is 67.6 cm³/mol. The average Bonchev–Trinajstić information content (AvgIpc) is 2.26. The maximum Gasteiger partial charge on any atom is 0.393 e. The molecule has 1 aliphatic rings. The Bertz CT molecular complexity index is 297. The lowest BCUT2D eigenvalue weighted by Gasteiger charge is -2.31. The van der Waals surface area contributed by atoms with Crippen molar-refractivity contribution >= 4 is 5.91 Å². The van der Waals surface area contributed by atoms with E-state index in [1.165, 1.54) is 0 Å². The minimum absolute atomic E-state index is 0.0210. The van der Waals surface area contributed by atoms with Crippen LogP contribution in [-0.4, -0.2) is 30.7 Å². The van der Waals surface area contributed by atoms with Crippen molar-refractivity contribution in [2.24, 2.45) is 11.8 Å². The number of alkyl halides is 3. The van der Waals surface area contributed by atoms with Crippen molar-refractivity contribution < 1.29 is 18.0 Å². The fourth-order valence-electron chi connectivity index (χ4n) is 2.47. The SMILES string of the molecule is CC(C)CC(C)NC(=O)C1CCC(C(F)(F)F)CN1. The van der Waals surface area contributed by atoms with Gasteiger partial charge in [0.2, 0.25) is 5.91 Å². The second-order valence-corrected chi connectivity index (χ2v) is 5.82. The number of amides is 1. The van der Waals surface area contributed by atoms with Crippen LogP contribution < -0.4 is 10.6 Å². The average molecular weight is 280 g/mol. The molecule has 0 spiro atoms. The van der Waals surface area contributed by atoms with Gasteiger partial charge in [-0.25, -0.2) is 0 Å². The van der Waals surface area contributed by atoms with E-state index in [1.807, 2.05) is 6.92 Å². The second-order valence-electron chi connectivity index (χ2n) is 5.82. The zero-order valence-electron chi connectivity index (χ0n) is 11.7. The van der Waals surface area contributed by atoms with Crippen LogP contribution in [0.25, 0.3) is 0 Å². The van der Waals surface area contributed by atoms with Crippen molar-refractivity contribution in [1.82, 2.24) is 10.6 Å². The van der Waals surface area contributed by atoms with Crippen molar-refractivity contribution in [3.63, 3.8) is 0 Å². The summed E-state index contributed by atoms with van der Waals surface area (Å²) in [7, 11) is 0. The topological polar surface area (TPSA) is 41.1 Å². The molecule has 0 bridgehead atoms. The molecule has 1 amide bonds. The molecule has 0 aliphatic carbocycles. The van der Waals surface area contributed by atoms with Crippen LogP contribution in [0.1, 0.15) is 40.0 Å². The van der Waals surface area contributed by atoms with Crippen LogP contribution in [0.2, 0.25) is 0 Å². The lowest BCUT2D eigenvalue weighted by Crippen LogP contribution is -2.52. The molecule has 0 aromatic heterocycles. The summed E-state index contributed by atoms with van der Waals surface area (Å²) in [6, 6.07) is -0.442. The van der Waals surface area contributed by atoms with Crippen molar-refractivity contribution in [2.75, 3.05) is 6.54 Å². The first-order chi connectivity index (χ1) is 8.70. The standard InChI is InChI=1S/C13H23F3N2O/c1-8(2)6-9(3)18-12(19)11-5-4-10(7-17-11)13(14,15)16/h8-11,17H,4-7H2,1-3H3,(H,18,19). The first-order valence-corrected chi connectivity index (χ1v) is 6.80. The summed E-state index contributed by atoms with van der Waals surface area (Å²) in [5.74, 6) is -1.04. The van der Waals surface area contributed by atoms with E-state index in [0.29, 0.717) is 5.92 Å². The first-order valence-electron chi connectivity index (χ1n) is 6.80. The second kappa shape index (κ2) is 6.59. The Morgan fingerprint density at radius 2 is 1.95 bits per heavy atom. The van der Waals surface area contributed by atoms with E-state index >= 15 is 0 Å². The van der Waals surface area contributed by atoms with Gasteiger partial charge in [-0.1, -0.05) is 13.8 Å². The predicted octanol–water partition coefficient (Wildman–Crippen LogP) is 2.47. The summed E-state index contributed by atoms with van der Waals surface area (Å²) >= 11 is 0. The maximum absolute atomic E-state index is 12.5. The maximum atomic E-state index is 12.5. The summed E-state index contributed by atoms with van der Waals surface area (Å²) in [5.41, 5.74) is 0. The zero-order chi connectivity index (χ0) is 14.6. The Morgan fingerprint density at radius 3 is 2.37 bits per heavy atom. The Balaban J connectivity index is 2.37. The minimum Gasteiger partial charge on any atom is -0.352 e. The third kappa shape index (κ3) is 5.38. The molecule has 6 heteroatoms. The molecule has 3 unspecified atom stereocenters. The Morgan fingerprint density at radius 1 is 1.32 bits per heavy atom. The van der Waals surface area contributed by atoms with Gasteiger partial charge in [0.1, 0.15) is 0 Å². The van der Waals surface area contributed by atoms with Gasteiger partial charge in [0.25, 0.3) is 0 Å². The lowest BCUT2D eigenvalue weighted by molar-refractivity contribution is -0.180. The number of nitrogens with one attached hydrogen (secondary N) is 2. The summed E-state index contributed by atoms with van der Waals surface area (Å²) in [5, 5.41) is 5.55. The molecule has 0 aromatic rings. The van der Waals surface area contributed by atoms with Crippen LogP contribution in [0, 0.1) is 11.8 Å². The van der Waals surface area contributed by atoms with Gasteiger partial charge in [-0.15, -0.1) is 0 Å². The van der Waals surface area contributed by atoms with E-state index in [2.05, 4.69) is 24.5 Å². The van der Waals surface area contributed by atoms with Crippen LogP contribution in [0.3, 0.4) is 0 Å². The van der Waals surface area contributed by atoms with E-state index in [0.717, 1.165) is 6.42 Å².